The summed E-state index contributed by atoms with van der Waals surface area (Å²) < 4.78 is 2.01. The van der Waals surface area contributed by atoms with E-state index < -0.39 is 0 Å². The van der Waals surface area contributed by atoms with Gasteiger partial charge in [-0.1, -0.05) is 0 Å². The molecule has 17 heavy (non-hydrogen) atoms. The van der Waals surface area contributed by atoms with Crippen molar-refractivity contribution in [3.63, 3.8) is 0 Å². The maximum Gasteiger partial charge on any atom is 0.220 e. The highest BCUT2D eigenvalue weighted by Gasteiger charge is 2.08. The summed E-state index contributed by atoms with van der Waals surface area (Å²) in [6.45, 7) is 1.94. The first-order valence-corrected chi connectivity index (χ1v) is 5.44. The van der Waals surface area contributed by atoms with Gasteiger partial charge in [0.2, 0.25) is 5.95 Å². The van der Waals surface area contributed by atoms with E-state index in [9.17, 15) is 0 Å². The predicted molar refractivity (Wildman–Crippen MR) is 68.3 cm³/mol. The second kappa shape index (κ2) is 3.43. The van der Waals surface area contributed by atoms with Crippen LogP contribution in [0.25, 0.3) is 21.8 Å². The van der Waals surface area contributed by atoms with Crippen LogP contribution in [0.3, 0.4) is 0 Å². The van der Waals surface area contributed by atoms with Crippen molar-refractivity contribution < 1.29 is 0 Å². The van der Waals surface area contributed by atoms with Crippen molar-refractivity contribution in [1.29, 1.82) is 0 Å². The summed E-state index contributed by atoms with van der Waals surface area (Å²) in [6, 6.07) is 6.02. The van der Waals surface area contributed by atoms with E-state index in [0.29, 0.717) is 5.95 Å². The van der Waals surface area contributed by atoms with Crippen LogP contribution >= 0.6 is 0 Å². The standard InChI is InChI=1S/C12H13N5/c1-7(13)17-5-4-9-10(17)3-2-8-6-15-12(14)16-11(8)9/h2-7H,13H2,1H3,(H2,14,15,16). The molecule has 1 unspecified atom stereocenters. The summed E-state index contributed by atoms with van der Waals surface area (Å²) in [5.74, 6) is 0.290. The minimum atomic E-state index is -0.0656. The van der Waals surface area contributed by atoms with Crippen molar-refractivity contribution in [3.05, 3.63) is 30.6 Å². The monoisotopic (exact) mass is 227 g/mol. The molecule has 3 aromatic rings. The highest BCUT2D eigenvalue weighted by atomic mass is 15.1. The van der Waals surface area contributed by atoms with Crippen LogP contribution in [0.2, 0.25) is 0 Å². The molecular weight excluding hydrogens is 214 g/mol. The van der Waals surface area contributed by atoms with Gasteiger partial charge in [-0.2, -0.15) is 0 Å². The van der Waals surface area contributed by atoms with Gasteiger partial charge in [-0.3, -0.25) is 0 Å². The Balaban J connectivity index is 2.44. The molecule has 2 aromatic heterocycles. The van der Waals surface area contributed by atoms with Crippen LogP contribution in [0.4, 0.5) is 5.95 Å². The summed E-state index contributed by atoms with van der Waals surface area (Å²) in [6.07, 6.45) is 3.64. The number of rotatable bonds is 1. The normalized spacial score (nSPS) is 13.3. The van der Waals surface area contributed by atoms with Gasteiger partial charge in [0.05, 0.1) is 17.2 Å². The fourth-order valence-corrected chi connectivity index (χ4v) is 2.10. The molecule has 1 atom stereocenters. The number of nitrogen functional groups attached to an aromatic ring is 1. The van der Waals surface area contributed by atoms with Gasteiger partial charge >= 0.3 is 0 Å². The topological polar surface area (TPSA) is 82.8 Å². The number of fused-ring (bicyclic) bond motifs is 3. The molecule has 5 nitrogen and oxygen atoms in total. The highest BCUT2D eigenvalue weighted by Crippen LogP contribution is 2.25. The molecule has 86 valence electrons. The Morgan fingerprint density at radius 3 is 2.88 bits per heavy atom. The van der Waals surface area contributed by atoms with E-state index in [-0.39, 0.29) is 6.17 Å². The molecule has 0 radical (unpaired) electrons. The summed E-state index contributed by atoms with van der Waals surface area (Å²) >= 11 is 0. The molecule has 4 N–H and O–H groups in total. The zero-order valence-electron chi connectivity index (χ0n) is 9.46. The van der Waals surface area contributed by atoms with Crippen molar-refractivity contribution in [2.24, 2.45) is 5.73 Å². The van der Waals surface area contributed by atoms with Crippen LogP contribution in [-0.4, -0.2) is 14.5 Å². The molecule has 0 aliphatic rings. The molecule has 5 heteroatoms. The largest absolute Gasteiger partial charge is 0.368 e. The van der Waals surface area contributed by atoms with E-state index in [0.717, 1.165) is 21.8 Å². The van der Waals surface area contributed by atoms with E-state index in [1.54, 1.807) is 6.20 Å². The molecule has 0 amide bonds. The van der Waals surface area contributed by atoms with E-state index >= 15 is 0 Å². The highest BCUT2D eigenvalue weighted by molar-refractivity contribution is 6.04. The predicted octanol–water partition coefficient (Wildman–Crippen LogP) is 1.64. The van der Waals surface area contributed by atoms with Gasteiger partial charge in [0.15, 0.2) is 0 Å². The van der Waals surface area contributed by atoms with Crippen molar-refractivity contribution >= 4 is 27.8 Å². The number of benzene rings is 1. The van der Waals surface area contributed by atoms with Gasteiger partial charge in [-0.05, 0) is 25.1 Å². The fraction of sp³-hybridized carbons (Fsp3) is 0.167. The fourth-order valence-electron chi connectivity index (χ4n) is 2.10. The Kier molecular flexibility index (Phi) is 2.02. The number of nitrogens with two attached hydrogens (primary N) is 2. The van der Waals surface area contributed by atoms with Crippen molar-refractivity contribution in [2.45, 2.75) is 13.1 Å². The second-order valence-corrected chi connectivity index (χ2v) is 4.13. The molecule has 0 saturated carbocycles. The van der Waals surface area contributed by atoms with Crippen molar-refractivity contribution in [1.82, 2.24) is 14.5 Å². The van der Waals surface area contributed by atoms with E-state index in [1.165, 1.54) is 0 Å². The lowest BCUT2D eigenvalue weighted by Gasteiger charge is -2.09. The molecule has 0 aliphatic carbocycles. The summed E-state index contributed by atoms with van der Waals surface area (Å²) in [4.78, 5) is 8.28. The number of hydrogen-bond donors (Lipinski definition) is 2. The molecule has 1 aromatic carbocycles. The maximum absolute atomic E-state index is 5.90. The summed E-state index contributed by atoms with van der Waals surface area (Å²) in [5.41, 5.74) is 13.5. The van der Waals surface area contributed by atoms with Gasteiger partial charge in [-0.25, -0.2) is 9.97 Å². The molecule has 0 saturated heterocycles. The van der Waals surface area contributed by atoms with Crippen LogP contribution in [0.1, 0.15) is 13.1 Å². The van der Waals surface area contributed by atoms with Gasteiger partial charge < -0.3 is 16.0 Å². The molecule has 0 aliphatic heterocycles. The summed E-state index contributed by atoms with van der Waals surface area (Å²) in [5, 5.41) is 2.03. The average Bonchev–Trinajstić information content (AvgIpc) is 2.72. The lowest BCUT2D eigenvalue weighted by Crippen LogP contribution is -2.12. The zero-order valence-corrected chi connectivity index (χ0v) is 9.46. The first-order valence-electron chi connectivity index (χ1n) is 5.44. The van der Waals surface area contributed by atoms with Gasteiger partial charge in [-0.15, -0.1) is 0 Å². The molecular formula is C12H13N5. The van der Waals surface area contributed by atoms with Crippen molar-refractivity contribution in [3.8, 4) is 0 Å². The first-order chi connectivity index (χ1) is 8.16. The number of anilines is 1. The minimum Gasteiger partial charge on any atom is -0.368 e. The Labute approximate surface area is 98.1 Å². The number of hydrogen-bond acceptors (Lipinski definition) is 4. The molecule has 2 heterocycles. The van der Waals surface area contributed by atoms with Crippen LogP contribution in [-0.2, 0) is 0 Å². The van der Waals surface area contributed by atoms with Crippen LogP contribution in [0.15, 0.2) is 30.6 Å². The number of aromatic nitrogens is 3. The van der Waals surface area contributed by atoms with E-state index in [2.05, 4.69) is 9.97 Å². The molecule has 0 spiro atoms. The molecule has 0 fully saturated rings. The smallest absolute Gasteiger partial charge is 0.220 e. The third-order valence-corrected chi connectivity index (χ3v) is 2.91. The quantitative estimate of drug-likeness (QED) is 0.662. The van der Waals surface area contributed by atoms with Crippen LogP contribution < -0.4 is 11.5 Å². The van der Waals surface area contributed by atoms with E-state index in [4.69, 9.17) is 11.5 Å². The third-order valence-electron chi connectivity index (χ3n) is 2.91. The average molecular weight is 227 g/mol. The van der Waals surface area contributed by atoms with Gasteiger partial charge in [0, 0.05) is 23.2 Å². The van der Waals surface area contributed by atoms with Gasteiger partial charge in [0.25, 0.3) is 0 Å². The van der Waals surface area contributed by atoms with Crippen LogP contribution in [0, 0.1) is 0 Å². The Hall–Kier alpha value is -2.14. The lowest BCUT2D eigenvalue weighted by atomic mass is 10.2. The third kappa shape index (κ3) is 1.43. The Morgan fingerprint density at radius 1 is 1.29 bits per heavy atom. The lowest BCUT2D eigenvalue weighted by molar-refractivity contribution is 0.592. The molecule has 0 bridgehead atoms. The van der Waals surface area contributed by atoms with Crippen LogP contribution in [0.5, 0.6) is 0 Å². The number of nitrogens with zero attached hydrogens (tertiary/aromatic N) is 3. The SMILES string of the molecule is CC(N)n1ccc2c3nc(N)ncc3ccc21. The Morgan fingerprint density at radius 2 is 2.12 bits per heavy atom. The van der Waals surface area contributed by atoms with Crippen molar-refractivity contribution in [2.75, 3.05) is 5.73 Å². The van der Waals surface area contributed by atoms with E-state index in [1.807, 2.05) is 35.9 Å². The Bertz CT molecular complexity index is 699. The maximum atomic E-state index is 5.90. The summed E-state index contributed by atoms with van der Waals surface area (Å²) in [7, 11) is 0. The second-order valence-electron chi connectivity index (χ2n) is 4.13. The minimum absolute atomic E-state index is 0.0656. The zero-order chi connectivity index (χ0) is 12.0. The first kappa shape index (κ1) is 10.0. The molecule has 3 rings (SSSR count). The van der Waals surface area contributed by atoms with Gasteiger partial charge in [0.1, 0.15) is 0 Å².